The Morgan fingerprint density at radius 2 is 2.03 bits per heavy atom. The quantitative estimate of drug-likeness (QED) is 0.295. The summed E-state index contributed by atoms with van der Waals surface area (Å²) in [5.74, 6) is -0.305. The lowest BCUT2D eigenvalue weighted by atomic mass is 10.0. The third kappa shape index (κ3) is 5.76. The number of rotatable bonds is 6. The molecule has 0 aromatic heterocycles. The topological polar surface area (TPSA) is 62.1 Å². The molecule has 3 aromatic rings. The number of hydrogen-bond acceptors (Lipinski definition) is 3. The molecular formula is C25H19BrClFN2O2. The van der Waals surface area contributed by atoms with Crippen LogP contribution in [0, 0.1) is 24.1 Å². The number of methoxy groups -OCH3 is 1. The SMILES string of the molecule is COc1cc(/C=C(\C#N)C(=O)Nc2ccc(C)c(Cl)c2)cc(Br)c1Cc1cccc(F)c1. The molecule has 3 rings (SSSR count). The zero-order chi connectivity index (χ0) is 23.3. The lowest BCUT2D eigenvalue weighted by Crippen LogP contribution is -2.13. The summed E-state index contributed by atoms with van der Waals surface area (Å²) in [6.07, 6.45) is 1.93. The van der Waals surface area contributed by atoms with Crippen molar-refractivity contribution in [3.8, 4) is 11.8 Å². The smallest absolute Gasteiger partial charge is 0.266 e. The number of anilines is 1. The highest BCUT2D eigenvalue weighted by Crippen LogP contribution is 2.32. The van der Waals surface area contributed by atoms with E-state index in [-0.39, 0.29) is 11.4 Å². The summed E-state index contributed by atoms with van der Waals surface area (Å²) < 4.78 is 19.8. The fourth-order valence-corrected chi connectivity index (χ4v) is 3.88. The maximum atomic E-state index is 13.5. The molecule has 1 N–H and O–H groups in total. The summed E-state index contributed by atoms with van der Waals surface area (Å²) in [7, 11) is 1.53. The predicted octanol–water partition coefficient (Wildman–Crippen LogP) is 6.70. The lowest BCUT2D eigenvalue weighted by Gasteiger charge is -2.13. The van der Waals surface area contributed by atoms with Gasteiger partial charge in [0.05, 0.1) is 7.11 Å². The molecule has 4 nitrogen and oxygen atoms in total. The number of aryl methyl sites for hydroxylation is 1. The molecular weight excluding hydrogens is 495 g/mol. The number of hydrogen-bond donors (Lipinski definition) is 1. The van der Waals surface area contributed by atoms with Crippen LogP contribution in [0.2, 0.25) is 5.02 Å². The minimum atomic E-state index is -0.550. The number of benzene rings is 3. The summed E-state index contributed by atoms with van der Waals surface area (Å²) in [5.41, 5.74) is 3.53. The van der Waals surface area contributed by atoms with Crippen molar-refractivity contribution in [1.82, 2.24) is 0 Å². The van der Waals surface area contributed by atoms with Gasteiger partial charge in [-0.2, -0.15) is 5.26 Å². The van der Waals surface area contributed by atoms with Crippen molar-refractivity contribution in [2.75, 3.05) is 12.4 Å². The highest BCUT2D eigenvalue weighted by Gasteiger charge is 2.14. The van der Waals surface area contributed by atoms with Crippen molar-refractivity contribution >= 4 is 45.2 Å². The molecule has 3 aromatic carbocycles. The molecule has 0 aliphatic rings. The molecule has 0 spiro atoms. The fourth-order valence-electron chi connectivity index (χ4n) is 3.10. The van der Waals surface area contributed by atoms with Gasteiger partial charge in [-0.3, -0.25) is 4.79 Å². The number of nitrogens with zero attached hydrogens (tertiary/aromatic N) is 1. The highest BCUT2D eigenvalue weighted by molar-refractivity contribution is 9.10. The number of ether oxygens (including phenoxy) is 1. The van der Waals surface area contributed by atoms with E-state index in [0.717, 1.165) is 21.2 Å². The fraction of sp³-hybridized carbons (Fsp3) is 0.120. The third-order valence-corrected chi connectivity index (χ3v) is 5.89. The van der Waals surface area contributed by atoms with Gasteiger partial charge in [0.15, 0.2) is 0 Å². The molecule has 1 amide bonds. The van der Waals surface area contributed by atoms with Crippen LogP contribution < -0.4 is 10.1 Å². The molecule has 0 saturated heterocycles. The van der Waals surface area contributed by atoms with Gasteiger partial charge >= 0.3 is 0 Å². The second-order valence-corrected chi connectivity index (χ2v) is 8.34. The summed E-state index contributed by atoms with van der Waals surface area (Å²) >= 11 is 9.63. The van der Waals surface area contributed by atoms with Gasteiger partial charge in [0.1, 0.15) is 23.2 Å². The van der Waals surface area contributed by atoms with Crippen LogP contribution in [0.3, 0.4) is 0 Å². The number of carbonyl (C=O) groups is 1. The second kappa shape index (κ2) is 10.4. The van der Waals surface area contributed by atoms with Crippen LogP contribution in [-0.4, -0.2) is 13.0 Å². The Bertz CT molecular complexity index is 1250. The Labute approximate surface area is 199 Å². The Morgan fingerprint density at radius 1 is 1.25 bits per heavy atom. The van der Waals surface area contributed by atoms with Crippen LogP contribution in [0.15, 0.2) is 64.6 Å². The van der Waals surface area contributed by atoms with Crippen molar-refractivity contribution in [2.45, 2.75) is 13.3 Å². The van der Waals surface area contributed by atoms with E-state index in [4.69, 9.17) is 16.3 Å². The average molecular weight is 514 g/mol. The summed E-state index contributed by atoms with van der Waals surface area (Å²) in [4.78, 5) is 12.6. The van der Waals surface area contributed by atoms with Gasteiger partial charge in [-0.25, -0.2) is 4.39 Å². The zero-order valence-electron chi connectivity index (χ0n) is 17.4. The number of halogens is 3. The van der Waals surface area contributed by atoms with Crippen molar-refractivity contribution in [3.63, 3.8) is 0 Å². The molecule has 0 radical (unpaired) electrons. The molecule has 7 heteroatoms. The monoisotopic (exact) mass is 512 g/mol. The summed E-state index contributed by atoms with van der Waals surface area (Å²) in [6.45, 7) is 1.86. The van der Waals surface area contributed by atoms with E-state index in [0.29, 0.717) is 28.4 Å². The average Bonchev–Trinajstić information content (AvgIpc) is 2.76. The maximum absolute atomic E-state index is 13.5. The van der Waals surface area contributed by atoms with Crippen molar-refractivity contribution in [1.29, 1.82) is 5.26 Å². The molecule has 0 aliphatic carbocycles. The third-order valence-electron chi connectivity index (χ3n) is 4.77. The first-order valence-corrected chi connectivity index (χ1v) is 10.8. The van der Waals surface area contributed by atoms with E-state index in [9.17, 15) is 14.4 Å². The minimum Gasteiger partial charge on any atom is -0.496 e. The van der Waals surface area contributed by atoms with Gasteiger partial charge in [0.25, 0.3) is 5.91 Å². The summed E-state index contributed by atoms with van der Waals surface area (Å²) in [6, 6.07) is 16.9. The lowest BCUT2D eigenvalue weighted by molar-refractivity contribution is -0.112. The largest absolute Gasteiger partial charge is 0.496 e. The normalized spacial score (nSPS) is 11.1. The molecule has 0 heterocycles. The molecule has 0 saturated carbocycles. The first-order chi connectivity index (χ1) is 15.3. The number of amides is 1. The molecule has 0 bridgehead atoms. The van der Waals surface area contributed by atoms with Gasteiger partial charge in [-0.1, -0.05) is 45.7 Å². The number of nitrogens with one attached hydrogen (secondary N) is 1. The van der Waals surface area contributed by atoms with Crippen molar-refractivity contribution in [3.05, 3.63) is 97.7 Å². The first-order valence-electron chi connectivity index (χ1n) is 9.61. The standard InChI is InChI=1S/C25H19BrClFN2O2/c1-15-6-7-20(13-23(15)27)30-25(31)18(14-29)8-17-11-22(26)21(24(12-17)32-2)10-16-4-3-5-19(28)9-16/h3-9,11-13H,10H2,1-2H3,(H,30,31)/b18-8+. The Balaban J connectivity index is 1.88. The van der Waals surface area contributed by atoms with Gasteiger partial charge in [0, 0.05) is 27.2 Å². The Morgan fingerprint density at radius 3 is 2.69 bits per heavy atom. The van der Waals surface area contributed by atoms with E-state index < -0.39 is 5.91 Å². The van der Waals surface area contributed by atoms with Crippen LogP contribution >= 0.6 is 27.5 Å². The molecule has 0 fully saturated rings. The van der Waals surface area contributed by atoms with Gasteiger partial charge in [-0.15, -0.1) is 0 Å². The van der Waals surface area contributed by atoms with Crippen LogP contribution in [0.5, 0.6) is 5.75 Å². The van der Waals surface area contributed by atoms with Gasteiger partial charge in [-0.05, 0) is 66.1 Å². The molecule has 162 valence electrons. The van der Waals surface area contributed by atoms with E-state index in [1.165, 1.54) is 25.3 Å². The Kier molecular flexibility index (Phi) is 7.68. The minimum absolute atomic E-state index is 0.0754. The van der Waals surface area contributed by atoms with E-state index >= 15 is 0 Å². The van der Waals surface area contributed by atoms with Crippen LogP contribution in [-0.2, 0) is 11.2 Å². The van der Waals surface area contributed by atoms with E-state index in [1.807, 2.05) is 19.1 Å². The van der Waals surface area contributed by atoms with E-state index in [1.54, 1.807) is 36.4 Å². The van der Waals surface area contributed by atoms with Crippen LogP contribution in [0.25, 0.3) is 6.08 Å². The molecule has 0 unspecified atom stereocenters. The predicted molar refractivity (Wildman–Crippen MR) is 128 cm³/mol. The number of nitriles is 1. The zero-order valence-corrected chi connectivity index (χ0v) is 19.7. The van der Waals surface area contributed by atoms with Crippen molar-refractivity contribution in [2.24, 2.45) is 0 Å². The highest BCUT2D eigenvalue weighted by atomic mass is 79.9. The van der Waals surface area contributed by atoms with Crippen LogP contribution in [0.4, 0.5) is 10.1 Å². The molecule has 32 heavy (non-hydrogen) atoms. The molecule has 0 atom stereocenters. The number of carbonyl (C=O) groups excluding carboxylic acids is 1. The van der Waals surface area contributed by atoms with E-state index in [2.05, 4.69) is 21.2 Å². The summed E-state index contributed by atoms with van der Waals surface area (Å²) in [5, 5.41) is 12.7. The Hall–Kier alpha value is -3.14. The first kappa shape index (κ1) is 23.5. The van der Waals surface area contributed by atoms with Crippen molar-refractivity contribution < 1.29 is 13.9 Å². The maximum Gasteiger partial charge on any atom is 0.266 e. The van der Waals surface area contributed by atoms with Gasteiger partial charge < -0.3 is 10.1 Å². The molecule has 0 aliphatic heterocycles. The second-order valence-electron chi connectivity index (χ2n) is 7.08. The van der Waals surface area contributed by atoms with Gasteiger partial charge in [0.2, 0.25) is 0 Å². The van der Waals surface area contributed by atoms with Crippen LogP contribution in [0.1, 0.15) is 22.3 Å².